The maximum absolute atomic E-state index is 13.0. The summed E-state index contributed by atoms with van der Waals surface area (Å²) in [6, 6.07) is 6.29. The summed E-state index contributed by atoms with van der Waals surface area (Å²) in [5, 5.41) is 11.5. The van der Waals surface area contributed by atoms with Crippen molar-refractivity contribution in [1.82, 2.24) is 4.90 Å². The minimum absolute atomic E-state index is 0.139. The summed E-state index contributed by atoms with van der Waals surface area (Å²) < 4.78 is 18.7. The molecule has 4 atom stereocenters. The molecule has 3 heterocycles. The molecule has 6 nitrogen and oxygen atoms in total. The van der Waals surface area contributed by atoms with Crippen LogP contribution in [-0.2, 0) is 14.3 Å². The van der Waals surface area contributed by atoms with E-state index in [1.807, 2.05) is 0 Å². The van der Waals surface area contributed by atoms with Gasteiger partial charge in [-0.2, -0.15) is 0 Å². The first-order valence-electron chi connectivity index (χ1n) is 8.70. The van der Waals surface area contributed by atoms with Crippen molar-refractivity contribution in [2.24, 2.45) is 11.8 Å². The van der Waals surface area contributed by atoms with Gasteiger partial charge in [0, 0.05) is 43.8 Å². The van der Waals surface area contributed by atoms with Crippen LogP contribution in [-0.4, -0.2) is 55.2 Å². The molecule has 0 N–H and O–H groups in total. The van der Waals surface area contributed by atoms with Crippen LogP contribution in [0.4, 0.5) is 10.1 Å². The zero-order valence-electron chi connectivity index (χ0n) is 13.8. The van der Waals surface area contributed by atoms with Gasteiger partial charge in [-0.25, -0.2) is 4.39 Å². The maximum Gasteiger partial charge on any atom is 0.229 e. The fraction of sp³-hybridized carbons (Fsp3) is 0.556. The molecule has 7 heteroatoms. The number of aliphatic carboxylic acids is 1. The zero-order chi connectivity index (χ0) is 17.6. The molecule has 1 aromatic rings. The number of halogens is 1. The first kappa shape index (κ1) is 16.3. The minimum atomic E-state index is -1.18. The van der Waals surface area contributed by atoms with Crippen LogP contribution in [0.25, 0.3) is 0 Å². The molecule has 3 aliphatic rings. The first-order valence-corrected chi connectivity index (χ1v) is 8.70. The Balaban J connectivity index is 1.41. The lowest BCUT2D eigenvalue weighted by molar-refractivity contribution is -0.314. The highest BCUT2D eigenvalue weighted by Gasteiger charge is 2.53. The number of nitrogens with zero attached hydrogens (tertiary/aromatic N) is 2. The van der Waals surface area contributed by atoms with Crippen LogP contribution < -0.4 is 10.0 Å². The van der Waals surface area contributed by atoms with E-state index in [9.17, 15) is 19.1 Å². The van der Waals surface area contributed by atoms with Crippen molar-refractivity contribution in [2.75, 3.05) is 31.1 Å². The molecule has 0 aromatic heterocycles. The van der Waals surface area contributed by atoms with Crippen molar-refractivity contribution in [3.63, 3.8) is 0 Å². The van der Waals surface area contributed by atoms with E-state index in [1.165, 1.54) is 12.1 Å². The molecule has 3 fully saturated rings. The predicted octanol–water partition coefficient (Wildman–Crippen LogP) is 0.0178. The quantitative estimate of drug-likeness (QED) is 0.771. The number of piperazine rings is 1. The number of benzene rings is 1. The lowest BCUT2D eigenvalue weighted by atomic mass is 9.78. The summed E-state index contributed by atoms with van der Waals surface area (Å²) in [4.78, 5) is 28.2. The lowest BCUT2D eigenvalue weighted by Crippen LogP contribution is -2.54. The molecule has 134 valence electrons. The van der Waals surface area contributed by atoms with Crippen LogP contribution in [0.5, 0.6) is 0 Å². The van der Waals surface area contributed by atoms with Gasteiger partial charge in [-0.05, 0) is 37.1 Å². The van der Waals surface area contributed by atoms with Crippen LogP contribution in [0.2, 0.25) is 0 Å². The monoisotopic (exact) mass is 347 g/mol. The molecular weight excluding hydrogens is 327 g/mol. The van der Waals surface area contributed by atoms with Crippen molar-refractivity contribution in [3.8, 4) is 0 Å². The van der Waals surface area contributed by atoms with E-state index in [2.05, 4.69) is 4.90 Å². The van der Waals surface area contributed by atoms with E-state index < -0.39 is 17.8 Å². The van der Waals surface area contributed by atoms with Gasteiger partial charge in [0.1, 0.15) is 5.82 Å². The number of carbonyl (C=O) groups is 2. The van der Waals surface area contributed by atoms with Crippen LogP contribution in [0.1, 0.15) is 12.8 Å². The molecule has 4 rings (SSSR count). The van der Waals surface area contributed by atoms with Crippen LogP contribution in [0, 0.1) is 17.7 Å². The Morgan fingerprint density at radius 2 is 1.60 bits per heavy atom. The number of amides is 1. The van der Waals surface area contributed by atoms with Crippen LogP contribution >= 0.6 is 0 Å². The van der Waals surface area contributed by atoms with Gasteiger partial charge in [0.05, 0.1) is 18.1 Å². The second-order valence-electron chi connectivity index (χ2n) is 6.95. The third-order valence-electron chi connectivity index (χ3n) is 5.61. The zero-order valence-corrected chi connectivity index (χ0v) is 13.8. The molecule has 1 amide bonds. The fourth-order valence-electron chi connectivity index (χ4n) is 4.34. The van der Waals surface area contributed by atoms with E-state index in [0.717, 1.165) is 12.1 Å². The Labute approximate surface area is 145 Å². The number of carbonyl (C=O) groups excluding carboxylic acids is 2. The number of rotatable bonds is 3. The summed E-state index contributed by atoms with van der Waals surface area (Å²) >= 11 is 0. The number of anilines is 1. The average Bonchev–Trinajstić information content (AvgIpc) is 3.23. The molecule has 3 saturated heterocycles. The van der Waals surface area contributed by atoms with Crippen molar-refractivity contribution < 1.29 is 23.8 Å². The van der Waals surface area contributed by atoms with Crippen LogP contribution in [0.3, 0.4) is 0 Å². The Bertz CT molecular complexity index is 672. The third-order valence-corrected chi connectivity index (χ3v) is 5.61. The predicted molar refractivity (Wildman–Crippen MR) is 85.1 cm³/mol. The standard InChI is InChI=1S/C18H21FN2O4/c19-11-1-3-12(4-2-11)20-7-9-21(10-8-20)17(22)15-13-5-6-14(25-13)16(15)18(23)24/h1-4,13-16H,5-10H2,(H,23,24)/p-1/t13-,14+,15+,16-/m0/s1. The van der Waals surface area contributed by atoms with Gasteiger partial charge in [0.2, 0.25) is 5.91 Å². The second kappa shape index (κ2) is 6.29. The van der Waals surface area contributed by atoms with Crippen molar-refractivity contribution in [2.45, 2.75) is 25.0 Å². The average molecular weight is 347 g/mol. The smallest absolute Gasteiger partial charge is 0.229 e. The highest BCUT2D eigenvalue weighted by molar-refractivity contribution is 5.86. The number of carboxylic acid groups (broad SMARTS) is 1. The molecule has 25 heavy (non-hydrogen) atoms. The van der Waals surface area contributed by atoms with E-state index in [-0.39, 0.29) is 23.9 Å². The van der Waals surface area contributed by atoms with Gasteiger partial charge in [0.25, 0.3) is 0 Å². The molecule has 0 saturated carbocycles. The summed E-state index contributed by atoms with van der Waals surface area (Å²) in [6.45, 7) is 2.30. The molecule has 0 unspecified atom stereocenters. The lowest BCUT2D eigenvalue weighted by Gasteiger charge is -2.39. The number of ether oxygens (including phenoxy) is 1. The largest absolute Gasteiger partial charge is 0.550 e. The molecule has 0 radical (unpaired) electrons. The van der Waals surface area contributed by atoms with Gasteiger partial charge >= 0.3 is 0 Å². The van der Waals surface area contributed by atoms with Crippen LogP contribution in [0.15, 0.2) is 24.3 Å². The van der Waals surface area contributed by atoms with Gasteiger partial charge < -0.3 is 24.4 Å². The van der Waals surface area contributed by atoms with Gasteiger partial charge in [0.15, 0.2) is 0 Å². The fourth-order valence-corrected chi connectivity index (χ4v) is 4.34. The van der Waals surface area contributed by atoms with Gasteiger partial charge in [-0.3, -0.25) is 4.79 Å². The number of hydrogen-bond acceptors (Lipinski definition) is 5. The number of fused-ring (bicyclic) bond motifs is 2. The van der Waals surface area contributed by atoms with E-state index in [1.54, 1.807) is 17.0 Å². The van der Waals surface area contributed by atoms with Gasteiger partial charge in [-0.1, -0.05) is 0 Å². The van der Waals surface area contributed by atoms with Crippen molar-refractivity contribution in [1.29, 1.82) is 0 Å². The SMILES string of the molecule is O=C([O-])[C@@H]1[C@H](C(=O)N2CCN(c3ccc(F)cc3)CC2)[C@@H]2CC[C@H]1O2. The molecule has 0 aliphatic carbocycles. The summed E-state index contributed by atoms with van der Waals surface area (Å²) in [6.07, 6.45) is 0.742. The summed E-state index contributed by atoms with van der Waals surface area (Å²) in [5.41, 5.74) is 0.921. The highest BCUT2D eigenvalue weighted by Crippen LogP contribution is 2.44. The highest BCUT2D eigenvalue weighted by atomic mass is 19.1. The third kappa shape index (κ3) is 2.86. The van der Waals surface area contributed by atoms with E-state index >= 15 is 0 Å². The molecule has 0 spiro atoms. The normalized spacial score (nSPS) is 31.4. The van der Waals surface area contributed by atoms with E-state index in [4.69, 9.17) is 4.74 Å². The first-order chi connectivity index (χ1) is 12.0. The molecule has 3 aliphatic heterocycles. The maximum atomic E-state index is 13.0. The topological polar surface area (TPSA) is 72.9 Å². The Morgan fingerprint density at radius 1 is 1.00 bits per heavy atom. The Kier molecular flexibility index (Phi) is 4.11. The van der Waals surface area contributed by atoms with Crippen molar-refractivity contribution in [3.05, 3.63) is 30.1 Å². The molecular formula is C18H20FN2O4-. The summed E-state index contributed by atoms with van der Waals surface area (Å²) in [5.74, 6) is -3.06. The number of carboxylic acids is 1. The molecule has 2 bridgehead atoms. The Hall–Kier alpha value is -2.15. The van der Waals surface area contributed by atoms with Crippen molar-refractivity contribution >= 4 is 17.6 Å². The summed E-state index contributed by atoms with van der Waals surface area (Å²) in [7, 11) is 0. The van der Waals surface area contributed by atoms with Gasteiger partial charge in [-0.15, -0.1) is 0 Å². The minimum Gasteiger partial charge on any atom is -0.550 e. The second-order valence-corrected chi connectivity index (χ2v) is 6.95. The molecule has 1 aromatic carbocycles. The number of hydrogen-bond donors (Lipinski definition) is 0. The van der Waals surface area contributed by atoms with E-state index in [0.29, 0.717) is 32.6 Å². The Morgan fingerprint density at radius 3 is 2.20 bits per heavy atom.